The standard InChI is InChI=1S/C14H19N3.CH2O2/c1-16-13(10-17-6-2-3-7-17)9-11-8-12(15)4-5-14(11)16;2-1-3/h4-5,8-9H,2-3,6-7,10,15H2,1H3;1H,(H,2,3). The fraction of sp³-hybridized carbons (Fsp3) is 0.400. The van der Waals surface area contributed by atoms with E-state index in [-0.39, 0.29) is 6.47 Å². The zero-order valence-electron chi connectivity index (χ0n) is 11.7. The van der Waals surface area contributed by atoms with Gasteiger partial charge in [0.15, 0.2) is 0 Å². The number of hydrogen-bond donors (Lipinski definition) is 2. The third-order valence-corrected chi connectivity index (χ3v) is 3.75. The van der Waals surface area contributed by atoms with E-state index in [1.54, 1.807) is 0 Å². The Balaban J connectivity index is 0.000000452. The van der Waals surface area contributed by atoms with Crippen molar-refractivity contribution in [2.24, 2.45) is 7.05 Å². The van der Waals surface area contributed by atoms with Crippen molar-refractivity contribution >= 4 is 23.1 Å². The lowest BCUT2D eigenvalue weighted by Gasteiger charge is -2.14. The number of benzene rings is 1. The van der Waals surface area contributed by atoms with Crippen LogP contribution in [0, 0.1) is 0 Å². The quantitative estimate of drug-likeness (QED) is 0.650. The number of carbonyl (C=O) groups is 1. The number of nitrogens with two attached hydrogens (primary N) is 1. The van der Waals surface area contributed by atoms with Crippen LogP contribution in [-0.4, -0.2) is 34.1 Å². The SMILES string of the molecule is Cn1c(CN2CCCC2)cc2cc(N)ccc21.O=CO. The summed E-state index contributed by atoms with van der Waals surface area (Å²) in [6.07, 6.45) is 2.69. The number of hydrogen-bond acceptors (Lipinski definition) is 3. The third-order valence-electron chi connectivity index (χ3n) is 3.75. The van der Waals surface area contributed by atoms with Crippen LogP contribution in [0.2, 0.25) is 0 Å². The molecule has 0 amide bonds. The smallest absolute Gasteiger partial charge is 0.290 e. The molecule has 5 nitrogen and oxygen atoms in total. The largest absolute Gasteiger partial charge is 0.483 e. The third kappa shape index (κ3) is 3.11. The summed E-state index contributed by atoms with van der Waals surface area (Å²) < 4.78 is 2.28. The molecule has 0 radical (unpaired) electrons. The number of aromatic nitrogens is 1. The summed E-state index contributed by atoms with van der Waals surface area (Å²) in [4.78, 5) is 10.9. The highest BCUT2D eigenvalue weighted by molar-refractivity contribution is 5.84. The second-order valence-electron chi connectivity index (χ2n) is 5.10. The van der Waals surface area contributed by atoms with Gasteiger partial charge in [0.1, 0.15) is 0 Å². The average molecular weight is 275 g/mol. The summed E-state index contributed by atoms with van der Waals surface area (Å²) >= 11 is 0. The Morgan fingerprint density at radius 1 is 1.30 bits per heavy atom. The van der Waals surface area contributed by atoms with Crippen molar-refractivity contribution in [2.45, 2.75) is 19.4 Å². The molecule has 2 aromatic rings. The molecule has 1 aliphatic heterocycles. The van der Waals surface area contributed by atoms with Crippen LogP contribution in [0.25, 0.3) is 10.9 Å². The average Bonchev–Trinajstić information content (AvgIpc) is 3.00. The van der Waals surface area contributed by atoms with Crippen molar-refractivity contribution in [1.29, 1.82) is 0 Å². The molecule has 0 aliphatic carbocycles. The molecular formula is C15H21N3O2. The second kappa shape index (κ2) is 6.43. The zero-order valence-corrected chi connectivity index (χ0v) is 11.7. The lowest BCUT2D eigenvalue weighted by molar-refractivity contribution is -0.122. The number of carboxylic acid groups (broad SMARTS) is 1. The van der Waals surface area contributed by atoms with E-state index in [0.29, 0.717) is 0 Å². The van der Waals surface area contributed by atoms with Crippen molar-refractivity contribution in [2.75, 3.05) is 18.8 Å². The highest BCUT2D eigenvalue weighted by atomic mass is 16.3. The van der Waals surface area contributed by atoms with Gasteiger partial charge < -0.3 is 15.4 Å². The Morgan fingerprint density at radius 3 is 2.60 bits per heavy atom. The minimum absolute atomic E-state index is 0.250. The van der Waals surface area contributed by atoms with E-state index >= 15 is 0 Å². The van der Waals surface area contributed by atoms with Crippen LogP contribution in [0.3, 0.4) is 0 Å². The summed E-state index contributed by atoms with van der Waals surface area (Å²) in [7, 11) is 2.14. The molecule has 20 heavy (non-hydrogen) atoms. The summed E-state index contributed by atoms with van der Waals surface area (Å²) in [5.74, 6) is 0. The molecule has 1 aromatic heterocycles. The van der Waals surface area contributed by atoms with Gasteiger partial charge in [0.25, 0.3) is 6.47 Å². The summed E-state index contributed by atoms with van der Waals surface area (Å²) in [6, 6.07) is 8.41. The number of likely N-dealkylation sites (tertiary alicyclic amines) is 1. The van der Waals surface area contributed by atoms with Crippen LogP contribution < -0.4 is 5.73 Å². The summed E-state index contributed by atoms with van der Waals surface area (Å²) in [5.41, 5.74) is 9.32. The van der Waals surface area contributed by atoms with Gasteiger partial charge in [0.2, 0.25) is 0 Å². The first kappa shape index (κ1) is 14.4. The van der Waals surface area contributed by atoms with Gasteiger partial charge in [0.05, 0.1) is 0 Å². The maximum absolute atomic E-state index is 8.36. The highest BCUT2D eigenvalue weighted by Crippen LogP contribution is 2.23. The number of fused-ring (bicyclic) bond motifs is 1. The normalized spacial score (nSPS) is 15.1. The van der Waals surface area contributed by atoms with E-state index in [9.17, 15) is 0 Å². The molecule has 0 saturated carbocycles. The molecule has 0 spiro atoms. The van der Waals surface area contributed by atoms with E-state index in [1.807, 2.05) is 6.07 Å². The summed E-state index contributed by atoms with van der Waals surface area (Å²) in [6.45, 7) is 3.29. The fourth-order valence-electron chi connectivity index (χ4n) is 2.75. The maximum Gasteiger partial charge on any atom is 0.290 e. The van der Waals surface area contributed by atoms with Crippen molar-refractivity contribution in [1.82, 2.24) is 9.47 Å². The van der Waals surface area contributed by atoms with Crippen LogP contribution >= 0.6 is 0 Å². The molecule has 0 atom stereocenters. The van der Waals surface area contributed by atoms with Crippen LogP contribution in [0.1, 0.15) is 18.5 Å². The van der Waals surface area contributed by atoms with E-state index in [0.717, 1.165) is 12.2 Å². The zero-order chi connectivity index (χ0) is 14.5. The Kier molecular flexibility index (Phi) is 4.63. The van der Waals surface area contributed by atoms with E-state index in [4.69, 9.17) is 15.6 Å². The molecule has 3 rings (SSSR count). The molecule has 0 bridgehead atoms. The maximum atomic E-state index is 8.36. The predicted molar refractivity (Wildman–Crippen MR) is 80.5 cm³/mol. The fourth-order valence-corrected chi connectivity index (χ4v) is 2.75. The first-order chi connectivity index (χ1) is 9.65. The first-order valence-corrected chi connectivity index (χ1v) is 6.79. The lowest BCUT2D eigenvalue weighted by Crippen LogP contribution is -2.19. The number of aryl methyl sites for hydroxylation is 1. The number of nitrogens with zero attached hydrogens (tertiary/aromatic N) is 2. The molecule has 1 saturated heterocycles. The van der Waals surface area contributed by atoms with Crippen molar-refractivity contribution < 1.29 is 9.90 Å². The number of rotatable bonds is 2. The van der Waals surface area contributed by atoms with Gasteiger partial charge >= 0.3 is 0 Å². The molecule has 1 aliphatic rings. The van der Waals surface area contributed by atoms with Gasteiger partial charge in [-0.15, -0.1) is 0 Å². The van der Waals surface area contributed by atoms with Crippen molar-refractivity contribution in [3.8, 4) is 0 Å². The van der Waals surface area contributed by atoms with Crippen molar-refractivity contribution in [3.63, 3.8) is 0 Å². The molecule has 2 heterocycles. The monoisotopic (exact) mass is 275 g/mol. The minimum atomic E-state index is -0.250. The minimum Gasteiger partial charge on any atom is -0.483 e. The Bertz CT molecular complexity index is 586. The van der Waals surface area contributed by atoms with Crippen LogP contribution in [0.4, 0.5) is 5.69 Å². The number of nitrogen functional groups attached to an aromatic ring is 1. The Labute approximate surface area is 118 Å². The Hall–Kier alpha value is -2.01. The molecule has 1 aromatic carbocycles. The highest BCUT2D eigenvalue weighted by Gasteiger charge is 2.14. The van der Waals surface area contributed by atoms with Gasteiger partial charge in [-0.3, -0.25) is 9.69 Å². The number of anilines is 1. The van der Waals surface area contributed by atoms with E-state index < -0.39 is 0 Å². The van der Waals surface area contributed by atoms with Gasteiger partial charge in [0, 0.05) is 35.9 Å². The second-order valence-corrected chi connectivity index (χ2v) is 5.10. The van der Waals surface area contributed by atoms with E-state index in [2.05, 4.69) is 34.7 Å². The first-order valence-electron chi connectivity index (χ1n) is 6.79. The molecule has 5 heteroatoms. The molecular weight excluding hydrogens is 254 g/mol. The van der Waals surface area contributed by atoms with Gasteiger partial charge in [-0.05, 0) is 50.2 Å². The molecule has 3 N–H and O–H groups in total. The Morgan fingerprint density at radius 2 is 1.95 bits per heavy atom. The van der Waals surface area contributed by atoms with Gasteiger partial charge in [-0.1, -0.05) is 0 Å². The van der Waals surface area contributed by atoms with Crippen molar-refractivity contribution in [3.05, 3.63) is 30.0 Å². The molecule has 108 valence electrons. The topological polar surface area (TPSA) is 71.5 Å². The van der Waals surface area contributed by atoms with Gasteiger partial charge in [-0.2, -0.15) is 0 Å². The van der Waals surface area contributed by atoms with Gasteiger partial charge in [-0.25, -0.2) is 0 Å². The lowest BCUT2D eigenvalue weighted by atomic mass is 10.2. The van der Waals surface area contributed by atoms with Crippen LogP contribution in [-0.2, 0) is 18.4 Å². The van der Waals surface area contributed by atoms with E-state index in [1.165, 1.54) is 42.5 Å². The molecule has 0 unspecified atom stereocenters. The van der Waals surface area contributed by atoms with Crippen LogP contribution in [0.15, 0.2) is 24.3 Å². The molecule has 1 fully saturated rings. The summed E-state index contributed by atoms with van der Waals surface area (Å²) in [5, 5.41) is 8.14. The predicted octanol–water partition coefficient (Wildman–Crippen LogP) is 2.06. The van der Waals surface area contributed by atoms with Crippen LogP contribution in [0.5, 0.6) is 0 Å².